The minimum Gasteiger partial charge on any atom is -0.497 e. The van der Waals surface area contributed by atoms with Crippen molar-refractivity contribution in [2.24, 2.45) is 5.10 Å². The normalized spacial score (nSPS) is 10.5. The molecule has 25 heavy (non-hydrogen) atoms. The van der Waals surface area contributed by atoms with Gasteiger partial charge in [0, 0.05) is 17.2 Å². The van der Waals surface area contributed by atoms with Crippen LogP contribution in [-0.4, -0.2) is 31.3 Å². The van der Waals surface area contributed by atoms with E-state index in [0.29, 0.717) is 22.6 Å². The Morgan fingerprint density at radius 3 is 2.68 bits per heavy atom. The summed E-state index contributed by atoms with van der Waals surface area (Å²) in [5.41, 5.74) is 3.18. The fourth-order valence-corrected chi connectivity index (χ4v) is 2.17. The van der Waals surface area contributed by atoms with Crippen molar-refractivity contribution in [1.29, 1.82) is 0 Å². The number of ether oxygens (including phenoxy) is 2. The number of amides is 1. The van der Waals surface area contributed by atoms with Gasteiger partial charge in [0.05, 0.1) is 31.8 Å². The number of carbonyl (C=O) groups is 1. The first kappa shape index (κ1) is 17.9. The Bertz CT molecular complexity index is 805. The Morgan fingerprint density at radius 2 is 2.00 bits per heavy atom. The average molecular weight is 343 g/mol. The zero-order chi connectivity index (χ0) is 18.2. The second-order valence-electron chi connectivity index (χ2n) is 4.96. The molecule has 2 aromatic rings. The third-order valence-electron chi connectivity index (χ3n) is 3.37. The predicted octanol–water partition coefficient (Wildman–Crippen LogP) is 2.30. The molecule has 2 aromatic carbocycles. The van der Waals surface area contributed by atoms with E-state index in [4.69, 9.17) is 9.47 Å². The molecule has 2 rings (SSSR count). The lowest BCUT2D eigenvalue weighted by atomic mass is 10.1. The molecule has 0 fully saturated rings. The number of nitrogens with zero attached hydrogens (tertiary/aromatic N) is 2. The molecule has 0 saturated carbocycles. The van der Waals surface area contributed by atoms with Crippen molar-refractivity contribution in [2.75, 3.05) is 14.2 Å². The van der Waals surface area contributed by atoms with Crippen LogP contribution >= 0.6 is 0 Å². The molecule has 130 valence electrons. The summed E-state index contributed by atoms with van der Waals surface area (Å²) in [5.74, 6) is 0.721. The number of nitrogens with one attached hydrogen (secondary N) is 1. The molecular formula is C17H17N3O5. The molecule has 0 aliphatic rings. The summed E-state index contributed by atoms with van der Waals surface area (Å²) in [4.78, 5) is 22.4. The molecule has 0 radical (unpaired) electrons. The van der Waals surface area contributed by atoms with Gasteiger partial charge in [0.15, 0.2) is 0 Å². The smallest absolute Gasteiger partial charge is 0.273 e. The maximum absolute atomic E-state index is 12.0. The van der Waals surface area contributed by atoms with Crippen LogP contribution in [0.15, 0.2) is 47.6 Å². The number of nitro benzene ring substituents is 1. The molecule has 0 unspecified atom stereocenters. The lowest BCUT2D eigenvalue weighted by molar-refractivity contribution is -0.385. The summed E-state index contributed by atoms with van der Waals surface area (Å²) < 4.78 is 10.3. The fourth-order valence-electron chi connectivity index (χ4n) is 2.17. The number of hydrogen-bond donors (Lipinski definition) is 1. The summed E-state index contributed by atoms with van der Waals surface area (Å²) in [5, 5.41) is 14.8. The van der Waals surface area contributed by atoms with Gasteiger partial charge in [-0.05, 0) is 18.2 Å². The van der Waals surface area contributed by atoms with E-state index in [1.807, 2.05) is 0 Å². The molecule has 1 N–H and O–H groups in total. The highest BCUT2D eigenvalue weighted by molar-refractivity contribution is 5.86. The number of benzene rings is 2. The highest BCUT2D eigenvalue weighted by atomic mass is 16.6. The van der Waals surface area contributed by atoms with Gasteiger partial charge in [-0.15, -0.1) is 0 Å². The standard InChI is InChI=1S/C17H17N3O5/c1-24-14-7-8-16(25-2)13(9-14)11-18-19-17(21)10-12-5-3-4-6-15(12)20(22)23/h3-9,11H,10H2,1-2H3,(H,19,21)/b18-11+. The third kappa shape index (κ3) is 4.77. The minimum absolute atomic E-state index is 0.101. The van der Waals surface area contributed by atoms with Crippen LogP contribution in [0.25, 0.3) is 0 Å². The van der Waals surface area contributed by atoms with Gasteiger partial charge in [-0.2, -0.15) is 5.10 Å². The van der Waals surface area contributed by atoms with Gasteiger partial charge < -0.3 is 9.47 Å². The maximum Gasteiger partial charge on any atom is 0.273 e. The van der Waals surface area contributed by atoms with E-state index in [9.17, 15) is 14.9 Å². The van der Waals surface area contributed by atoms with Gasteiger partial charge in [0.1, 0.15) is 11.5 Å². The van der Waals surface area contributed by atoms with Crippen molar-refractivity contribution in [2.45, 2.75) is 6.42 Å². The molecule has 0 heterocycles. The monoisotopic (exact) mass is 343 g/mol. The van der Waals surface area contributed by atoms with Gasteiger partial charge in [-0.1, -0.05) is 18.2 Å². The van der Waals surface area contributed by atoms with Crippen LogP contribution < -0.4 is 14.9 Å². The van der Waals surface area contributed by atoms with E-state index >= 15 is 0 Å². The molecule has 0 aliphatic heterocycles. The van der Waals surface area contributed by atoms with Crippen molar-refractivity contribution in [3.8, 4) is 11.5 Å². The van der Waals surface area contributed by atoms with Gasteiger partial charge in [0.2, 0.25) is 5.91 Å². The van der Waals surface area contributed by atoms with Crippen LogP contribution in [0.1, 0.15) is 11.1 Å². The van der Waals surface area contributed by atoms with Crippen molar-refractivity contribution >= 4 is 17.8 Å². The Hall–Kier alpha value is -3.42. The molecule has 0 saturated heterocycles. The summed E-state index contributed by atoms with van der Waals surface area (Å²) in [6, 6.07) is 11.2. The summed E-state index contributed by atoms with van der Waals surface area (Å²) in [7, 11) is 3.06. The summed E-state index contributed by atoms with van der Waals surface area (Å²) in [6.45, 7) is 0. The molecule has 8 heteroatoms. The average Bonchev–Trinajstić information content (AvgIpc) is 2.61. The lowest BCUT2D eigenvalue weighted by Crippen LogP contribution is -2.20. The zero-order valence-electron chi connectivity index (χ0n) is 13.8. The number of para-hydroxylation sites is 1. The van der Waals surface area contributed by atoms with Gasteiger partial charge in [-0.3, -0.25) is 14.9 Å². The summed E-state index contributed by atoms with van der Waals surface area (Å²) >= 11 is 0. The second-order valence-corrected chi connectivity index (χ2v) is 4.96. The van der Waals surface area contributed by atoms with Crippen molar-refractivity contribution in [3.63, 3.8) is 0 Å². The van der Waals surface area contributed by atoms with E-state index < -0.39 is 10.8 Å². The Balaban J connectivity index is 2.05. The first-order valence-electron chi connectivity index (χ1n) is 7.31. The summed E-state index contributed by atoms with van der Waals surface area (Å²) in [6.07, 6.45) is 1.27. The quantitative estimate of drug-likeness (QED) is 0.472. The minimum atomic E-state index is -0.521. The topological polar surface area (TPSA) is 103 Å². The number of nitro groups is 1. The molecule has 0 bridgehead atoms. The molecule has 0 aromatic heterocycles. The second kappa shape index (κ2) is 8.44. The molecule has 0 atom stereocenters. The highest BCUT2D eigenvalue weighted by Crippen LogP contribution is 2.22. The van der Waals surface area contributed by atoms with Crippen molar-refractivity contribution in [3.05, 3.63) is 63.7 Å². The molecule has 0 spiro atoms. The molecule has 0 aliphatic carbocycles. The van der Waals surface area contributed by atoms with Crippen molar-refractivity contribution < 1.29 is 19.2 Å². The first-order chi connectivity index (χ1) is 12.0. The number of hydrogen-bond acceptors (Lipinski definition) is 6. The Kier molecular flexibility index (Phi) is 6.05. The Morgan fingerprint density at radius 1 is 1.24 bits per heavy atom. The van der Waals surface area contributed by atoms with Gasteiger partial charge in [0.25, 0.3) is 5.69 Å². The fraction of sp³-hybridized carbons (Fsp3) is 0.176. The number of rotatable bonds is 7. The number of methoxy groups -OCH3 is 2. The third-order valence-corrected chi connectivity index (χ3v) is 3.37. The van der Waals surface area contributed by atoms with Crippen LogP contribution in [0.3, 0.4) is 0 Å². The van der Waals surface area contributed by atoms with Gasteiger partial charge in [-0.25, -0.2) is 5.43 Å². The molecular weight excluding hydrogens is 326 g/mol. The maximum atomic E-state index is 12.0. The van der Waals surface area contributed by atoms with Crippen LogP contribution in [0.2, 0.25) is 0 Å². The van der Waals surface area contributed by atoms with Crippen LogP contribution in [0.5, 0.6) is 11.5 Å². The van der Waals surface area contributed by atoms with E-state index in [1.165, 1.54) is 32.6 Å². The van der Waals surface area contributed by atoms with Crippen LogP contribution in [-0.2, 0) is 11.2 Å². The Labute approximate surface area is 144 Å². The van der Waals surface area contributed by atoms with E-state index in [0.717, 1.165) is 0 Å². The molecule has 8 nitrogen and oxygen atoms in total. The van der Waals surface area contributed by atoms with E-state index in [-0.39, 0.29) is 12.1 Å². The van der Waals surface area contributed by atoms with Crippen LogP contribution in [0, 0.1) is 10.1 Å². The number of hydrazone groups is 1. The lowest BCUT2D eigenvalue weighted by Gasteiger charge is -2.06. The number of carbonyl (C=O) groups excluding carboxylic acids is 1. The van der Waals surface area contributed by atoms with Gasteiger partial charge >= 0.3 is 0 Å². The van der Waals surface area contributed by atoms with Crippen molar-refractivity contribution in [1.82, 2.24) is 5.43 Å². The first-order valence-corrected chi connectivity index (χ1v) is 7.31. The van der Waals surface area contributed by atoms with Crippen LogP contribution in [0.4, 0.5) is 5.69 Å². The van der Waals surface area contributed by atoms with E-state index in [1.54, 1.807) is 30.3 Å². The highest BCUT2D eigenvalue weighted by Gasteiger charge is 2.15. The molecule has 1 amide bonds. The predicted molar refractivity (Wildman–Crippen MR) is 92.1 cm³/mol. The largest absolute Gasteiger partial charge is 0.497 e. The van der Waals surface area contributed by atoms with E-state index in [2.05, 4.69) is 10.5 Å². The zero-order valence-corrected chi connectivity index (χ0v) is 13.8. The SMILES string of the molecule is COc1ccc(OC)c(/C=N/NC(=O)Cc2ccccc2[N+](=O)[O-])c1.